The third-order valence-corrected chi connectivity index (χ3v) is 8.28. The highest BCUT2D eigenvalue weighted by Crippen LogP contribution is 2.49. The number of rotatable bonds is 9. The standard InChI is InChI=1S/C33H44N2S/c1-10-25(31(3,4)5)22-24-23-36-29-15-12-14-28(30(24)29)35-20-13-19-34-21-16-27-26(11-2)32(6,7)17-18-33(27,8)9/h10-16,20-23,34-35H,1-2,17-19H2,3-9H3/b20-13+,21-16+,25-22+. The Kier molecular flexibility index (Phi) is 8.56. The number of nitrogens with one attached hydrogen (secondary N) is 2. The average Bonchev–Trinajstić information content (AvgIpc) is 3.22. The van der Waals surface area contributed by atoms with Crippen LogP contribution in [0.4, 0.5) is 5.69 Å². The predicted octanol–water partition coefficient (Wildman–Crippen LogP) is 9.87. The van der Waals surface area contributed by atoms with Gasteiger partial charge < -0.3 is 10.6 Å². The zero-order chi connectivity index (χ0) is 26.6. The summed E-state index contributed by atoms with van der Waals surface area (Å²) in [6.45, 7) is 24.9. The SMILES string of the molecule is C=CC1=C(/C=C/NC/C=C/Nc2cccc3scc(/C=C(\C=C)C(C)(C)C)c23)C(C)(C)CCC1(C)C. The van der Waals surface area contributed by atoms with Crippen molar-refractivity contribution in [2.24, 2.45) is 16.2 Å². The first-order valence-corrected chi connectivity index (χ1v) is 13.8. The van der Waals surface area contributed by atoms with Crippen molar-refractivity contribution in [2.45, 2.75) is 61.3 Å². The Morgan fingerprint density at radius 3 is 2.36 bits per heavy atom. The summed E-state index contributed by atoms with van der Waals surface area (Å²) in [4.78, 5) is 0. The Labute approximate surface area is 223 Å². The fraction of sp³-hybridized carbons (Fsp3) is 0.394. The van der Waals surface area contributed by atoms with Crippen LogP contribution in [0.3, 0.4) is 0 Å². The molecule has 0 saturated heterocycles. The van der Waals surface area contributed by atoms with Gasteiger partial charge in [-0.2, -0.15) is 0 Å². The molecule has 2 aromatic rings. The molecule has 0 amide bonds. The van der Waals surface area contributed by atoms with Crippen LogP contribution in [0.2, 0.25) is 0 Å². The number of hydrogen-bond acceptors (Lipinski definition) is 3. The van der Waals surface area contributed by atoms with Gasteiger partial charge in [-0.25, -0.2) is 0 Å². The van der Waals surface area contributed by atoms with Crippen LogP contribution in [0.15, 0.2) is 90.2 Å². The van der Waals surface area contributed by atoms with E-state index in [1.165, 1.54) is 45.2 Å². The van der Waals surface area contributed by atoms with Gasteiger partial charge in [0.15, 0.2) is 0 Å². The van der Waals surface area contributed by atoms with Crippen LogP contribution < -0.4 is 10.6 Å². The van der Waals surface area contributed by atoms with Crippen LogP contribution >= 0.6 is 11.3 Å². The molecule has 192 valence electrons. The van der Waals surface area contributed by atoms with E-state index < -0.39 is 0 Å². The molecule has 0 saturated carbocycles. The molecule has 2 N–H and O–H groups in total. The number of allylic oxidation sites excluding steroid dienone is 6. The van der Waals surface area contributed by atoms with Crippen molar-refractivity contribution >= 4 is 33.2 Å². The molecule has 0 spiro atoms. The molecule has 0 unspecified atom stereocenters. The molecule has 2 nitrogen and oxygen atoms in total. The molecule has 0 aliphatic heterocycles. The van der Waals surface area contributed by atoms with Crippen molar-refractivity contribution in [2.75, 3.05) is 11.9 Å². The normalized spacial score (nSPS) is 18.2. The van der Waals surface area contributed by atoms with Crippen molar-refractivity contribution in [1.82, 2.24) is 5.32 Å². The summed E-state index contributed by atoms with van der Waals surface area (Å²) in [5.74, 6) is 0. The molecule has 0 bridgehead atoms. The molecule has 3 rings (SSSR count). The predicted molar refractivity (Wildman–Crippen MR) is 163 cm³/mol. The largest absolute Gasteiger partial charge is 0.387 e. The fourth-order valence-electron chi connectivity index (χ4n) is 4.90. The lowest BCUT2D eigenvalue weighted by Gasteiger charge is -2.42. The summed E-state index contributed by atoms with van der Waals surface area (Å²) < 4.78 is 1.28. The molecule has 1 aliphatic carbocycles. The van der Waals surface area contributed by atoms with Crippen molar-refractivity contribution in [3.05, 3.63) is 95.7 Å². The summed E-state index contributed by atoms with van der Waals surface area (Å²) in [5.41, 5.74) is 6.76. The molecular formula is C33H44N2S. The first-order valence-electron chi connectivity index (χ1n) is 12.9. The molecule has 1 aliphatic rings. The van der Waals surface area contributed by atoms with Gasteiger partial charge in [-0.1, -0.05) is 79.8 Å². The zero-order valence-electron chi connectivity index (χ0n) is 23.3. The Hall–Kier alpha value is -2.78. The number of hydrogen-bond donors (Lipinski definition) is 2. The smallest absolute Gasteiger partial charge is 0.0473 e. The molecule has 36 heavy (non-hydrogen) atoms. The molecule has 3 heteroatoms. The molecular weight excluding hydrogens is 456 g/mol. The van der Waals surface area contributed by atoms with Gasteiger partial charge in [-0.05, 0) is 99.5 Å². The summed E-state index contributed by atoms with van der Waals surface area (Å²) in [6, 6.07) is 6.44. The molecule has 0 radical (unpaired) electrons. The summed E-state index contributed by atoms with van der Waals surface area (Å²) in [7, 11) is 0. The zero-order valence-corrected chi connectivity index (χ0v) is 24.1. The highest BCUT2D eigenvalue weighted by atomic mass is 32.1. The van der Waals surface area contributed by atoms with Crippen LogP contribution in [0.5, 0.6) is 0 Å². The van der Waals surface area contributed by atoms with E-state index in [1.807, 2.05) is 12.3 Å². The molecule has 0 atom stereocenters. The molecule has 1 heterocycles. The molecule has 1 aromatic carbocycles. The average molecular weight is 501 g/mol. The number of benzene rings is 1. The van der Waals surface area contributed by atoms with E-state index in [-0.39, 0.29) is 16.2 Å². The van der Waals surface area contributed by atoms with Gasteiger partial charge in [0.25, 0.3) is 0 Å². The third-order valence-electron chi connectivity index (χ3n) is 7.31. The highest BCUT2D eigenvalue weighted by molar-refractivity contribution is 7.17. The third kappa shape index (κ3) is 6.31. The van der Waals surface area contributed by atoms with Crippen molar-refractivity contribution in [3.63, 3.8) is 0 Å². The van der Waals surface area contributed by atoms with Crippen molar-refractivity contribution in [1.29, 1.82) is 0 Å². The summed E-state index contributed by atoms with van der Waals surface area (Å²) in [6.07, 6.45) is 17.2. The van der Waals surface area contributed by atoms with Gasteiger partial charge in [-0.15, -0.1) is 11.3 Å². The second kappa shape index (κ2) is 11.1. The quantitative estimate of drug-likeness (QED) is 0.264. The van der Waals surface area contributed by atoms with Gasteiger partial charge in [0.2, 0.25) is 0 Å². The second-order valence-corrected chi connectivity index (χ2v) is 12.9. The van der Waals surface area contributed by atoms with Crippen molar-refractivity contribution in [3.8, 4) is 0 Å². The maximum atomic E-state index is 4.11. The summed E-state index contributed by atoms with van der Waals surface area (Å²) in [5, 5.41) is 10.4. The number of thiophene rings is 1. The molecule has 1 aromatic heterocycles. The van der Waals surface area contributed by atoms with Crippen LogP contribution in [0, 0.1) is 16.2 Å². The second-order valence-electron chi connectivity index (χ2n) is 12.0. The van der Waals surface area contributed by atoms with Crippen LogP contribution in [0.25, 0.3) is 16.2 Å². The minimum absolute atomic E-state index is 0.0581. The topological polar surface area (TPSA) is 24.1 Å². The Morgan fingerprint density at radius 2 is 1.72 bits per heavy atom. The summed E-state index contributed by atoms with van der Waals surface area (Å²) >= 11 is 1.78. The van der Waals surface area contributed by atoms with E-state index in [0.29, 0.717) is 0 Å². The maximum absolute atomic E-state index is 4.11. The molecule has 0 fully saturated rings. The lowest BCUT2D eigenvalue weighted by Crippen LogP contribution is -2.29. The van der Waals surface area contributed by atoms with E-state index in [0.717, 1.165) is 12.2 Å². The van der Waals surface area contributed by atoms with E-state index in [1.54, 1.807) is 11.3 Å². The van der Waals surface area contributed by atoms with E-state index in [4.69, 9.17) is 0 Å². The monoisotopic (exact) mass is 500 g/mol. The van der Waals surface area contributed by atoms with Crippen molar-refractivity contribution < 1.29 is 0 Å². The Bertz CT molecular complexity index is 1220. The van der Waals surface area contributed by atoms with E-state index in [2.05, 4.69) is 126 Å². The van der Waals surface area contributed by atoms with Gasteiger partial charge in [0.05, 0.1) is 0 Å². The Balaban J connectivity index is 1.70. The van der Waals surface area contributed by atoms with Crippen LogP contribution in [0.1, 0.15) is 66.9 Å². The highest BCUT2D eigenvalue weighted by Gasteiger charge is 2.36. The van der Waals surface area contributed by atoms with Crippen LogP contribution in [-0.4, -0.2) is 6.54 Å². The maximum Gasteiger partial charge on any atom is 0.0473 e. The number of anilines is 1. The minimum atomic E-state index is 0.0581. The fourth-order valence-corrected chi connectivity index (χ4v) is 5.84. The van der Waals surface area contributed by atoms with E-state index >= 15 is 0 Å². The minimum Gasteiger partial charge on any atom is -0.387 e. The number of fused-ring (bicyclic) bond motifs is 1. The van der Waals surface area contributed by atoms with Gasteiger partial charge in [0.1, 0.15) is 0 Å². The first kappa shape index (κ1) is 27.8. The lowest BCUT2D eigenvalue weighted by atomic mass is 9.63. The van der Waals surface area contributed by atoms with Gasteiger partial charge in [0, 0.05) is 22.3 Å². The van der Waals surface area contributed by atoms with Gasteiger partial charge >= 0.3 is 0 Å². The Morgan fingerprint density at radius 1 is 1.03 bits per heavy atom. The van der Waals surface area contributed by atoms with E-state index in [9.17, 15) is 0 Å². The lowest BCUT2D eigenvalue weighted by molar-refractivity contribution is 0.273. The first-order chi connectivity index (χ1) is 16.9. The van der Waals surface area contributed by atoms with Crippen LogP contribution in [-0.2, 0) is 0 Å². The van der Waals surface area contributed by atoms with Gasteiger partial charge in [-0.3, -0.25) is 0 Å².